The van der Waals surface area contributed by atoms with Gasteiger partial charge in [-0.05, 0) is 99.6 Å². The van der Waals surface area contributed by atoms with Gasteiger partial charge in [0, 0.05) is 73.6 Å². The van der Waals surface area contributed by atoms with E-state index in [1.54, 1.807) is 22.3 Å². The number of carbonyl (C=O) groups is 3. The molecular weight excluding hydrogens is 1060 g/mol. The number of piperazine rings is 1. The lowest BCUT2D eigenvalue weighted by molar-refractivity contribution is -0.142. The quantitative estimate of drug-likeness (QED) is 0.0513. The number of likely N-dealkylation sites (tertiary alicyclic amines) is 2. The van der Waals surface area contributed by atoms with Gasteiger partial charge in [0.1, 0.15) is 29.8 Å². The molecule has 3 amide bonds. The maximum absolute atomic E-state index is 17.1. The molecule has 4 fully saturated rings. The lowest BCUT2D eigenvalue weighted by Crippen LogP contribution is -2.51. The number of benzene rings is 3. The highest BCUT2D eigenvalue weighted by atomic mass is 35.5. The highest BCUT2D eigenvalue weighted by Gasteiger charge is 2.41. The zero-order valence-corrected chi connectivity index (χ0v) is 47.2. The Morgan fingerprint density at radius 2 is 1.77 bits per heavy atom. The second-order valence-electron chi connectivity index (χ2n) is 22.1. The molecule has 0 radical (unpaired) electrons. The molecule has 3 aromatic carbocycles. The van der Waals surface area contributed by atoms with Crippen LogP contribution in [0.1, 0.15) is 103 Å². The van der Waals surface area contributed by atoms with Gasteiger partial charge < -0.3 is 35.6 Å². The van der Waals surface area contributed by atoms with Crippen LogP contribution in [0.15, 0.2) is 53.0 Å². The number of nitrogen functional groups attached to an aromatic ring is 1. The van der Waals surface area contributed by atoms with Crippen LogP contribution in [-0.2, 0) is 19.1 Å². The third-order valence-corrected chi connectivity index (χ3v) is 17.9. The van der Waals surface area contributed by atoms with Crippen LogP contribution in [0, 0.1) is 29.9 Å². The molecule has 4 aliphatic rings. The highest BCUT2D eigenvalue weighted by molar-refractivity contribution is 7.22. The number of anilines is 2. The van der Waals surface area contributed by atoms with Crippen LogP contribution in [0.3, 0.4) is 0 Å². The van der Waals surface area contributed by atoms with Crippen molar-refractivity contribution in [2.45, 2.75) is 123 Å². The number of aliphatic imine (C=N–C) groups is 1. The van der Waals surface area contributed by atoms with Gasteiger partial charge in [0.25, 0.3) is 0 Å². The molecule has 4 aliphatic heterocycles. The molecule has 16 nitrogen and oxygen atoms in total. The summed E-state index contributed by atoms with van der Waals surface area (Å²) in [5.74, 6) is -2.13. The lowest BCUT2D eigenvalue weighted by atomic mass is 9.80. The fourth-order valence-corrected chi connectivity index (χ4v) is 13.4. The SMILES string of the molecule is CC[C@H](NC(=O)C1CCCN1C(=O)C(C=NC(=O)CCOCCCN1CCC[C@H]1COc1nc(N2CC3CCC(C2)N3)c2cc(Cl)c(-c3ccc(F)c4sc(N)nc34)c(F)c2n1)C(C)(C)C)c1ccc(-c2scnc2C)cc1. The number of nitrogens with zero attached hydrogens (tertiary/aromatic N) is 8. The highest BCUT2D eigenvalue weighted by Crippen LogP contribution is 2.43. The molecule has 4 saturated heterocycles. The first-order chi connectivity index (χ1) is 37.5. The monoisotopic (exact) mass is 1120 g/mol. The van der Waals surface area contributed by atoms with E-state index in [1.165, 1.54) is 18.3 Å². The van der Waals surface area contributed by atoms with Crippen LogP contribution in [0.5, 0.6) is 6.01 Å². The number of aromatic nitrogens is 4. The Labute approximate surface area is 466 Å². The molecule has 0 aliphatic carbocycles. The molecular formula is C57H68ClF2N11O5S2. The van der Waals surface area contributed by atoms with Crippen LogP contribution in [0.25, 0.3) is 42.7 Å². The van der Waals surface area contributed by atoms with E-state index in [0.29, 0.717) is 62.3 Å². The Morgan fingerprint density at radius 1 is 1.00 bits per heavy atom. The molecule has 4 N–H and O–H groups in total. The second kappa shape index (κ2) is 23.9. The standard InChI is InChI=1S/C57H68ClF2N11O5S2/c1-6-43(33-12-14-34(15-13-33)50-32(2)63-31-77-50)65-53(73)44-11-8-23-71(44)54(74)40(57(3,4)5)27-62-45(72)20-25-75-24-9-22-69-21-7-10-37(69)30-76-56-67-48-39(52(68-56)70-28-35-16-17-36(29-70)64-35)26-41(58)46(47(48)60)38-18-19-42(59)51-49(38)66-55(61)78-51/h12-15,18-19,26-27,31,35-37,40,43-44,64H,6-11,16-17,20-25,28-30H2,1-5H3,(H2,61,66)(H,65,73)/t35?,36?,37-,40?,43-,44?/m0/s1. The Hall–Kier alpha value is -5.77. The zero-order chi connectivity index (χ0) is 54.8. The van der Waals surface area contributed by atoms with E-state index in [2.05, 4.69) is 52.5 Å². The number of ether oxygens (including phenoxy) is 2. The first-order valence-corrected chi connectivity index (χ1v) is 29.3. The summed E-state index contributed by atoms with van der Waals surface area (Å²) in [6, 6.07) is 12.5. The van der Waals surface area contributed by atoms with Gasteiger partial charge >= 0.3 is 6.01 Å². The minimum absolute atomic E-state index is 0.0485. The molecule has 0 saturated carbocycles. The Bertz CT molecular complexity index is 3190. The van der Waals surface area contributed by atoms with Crippen LogP contribution in [0.4, 0.5) is 19.7 Å². The largest absolute Gasteiger partial charge is 0.462 e. The van der Waals surface area contributed by atoms with Gasteiger partial charge in [-0.25, -0.2) is 23.7 Å². The fourth-order valence-electron chi connectivity index (χ4n) is 11.6. The van der Waals surface area contributed by atoms with E-state index < -0.39 is 29.0 Å². The average Bonchev–Trinajstić information content (AvgIpc) is 4.31. The van der Waals surface area contributed by atoms with E-state index >= 15 is 4.39 Å². The molecule has 6 atom stereocenters. The summed E-state index contributed by atoms with van der Waals surface area (Å²) >= 11 is 9.50. The second-order valence-corrected chi connectivity index (χ2v) is 24.4. The molecule has 414 valence electrons. The maximum Gasteiger partial charge on any atom is 0.319 e. The Kier molecular flexibility index (Phi) is 17.0. The Morgan fingerprint density at radius 3 is 2.50 bits per heavy atom. The number of carbonyl (C=O) groups excluding carboxylic acids is 3. The predicted octanol–water partition coefficient (Wildman–Crippen LogP) is 9.95. The van der Waals surface area contributed by atoms with Crippen molar-refractivity contribution in [3.63, 3.8) is 0 Å². The van der Waals surface area contributed by atoms with Crippen molar-refractivity contribution in [3.8, 4) is 27.6 Å². The van der Waals surface area contributed by atoms with Crippen molar-refractivity contribution in [2.75, 3.05) is 63.2 Å². The van der Waals surface area contributed by atoms with Crippen LogP contribution >= 0.6 is 34.3 Å². The van der Waals surface area contributed by atoms with E-state index in [9.17, 15) is 18.8 Å². The molecule has 10 rings (SSSR count). The predicted molar refractivity (Wildman–Crippen MR) is 304 cm³/mol. The van der Waals surface area contributed by atoms with Gasteiger partial charge in [-0.1, -0.05) is 74.9 Å². The van der Waals surface area contributed by atoms with Crippen molar-refractivity contribution in [2.24, 2.45) is 16.3 Å². The number of hydrogen-bond acceptors (Lipinski definition) is 15. The van der Waals surface area contributed by atoms with E-state index in [-0.39, 0.29) is 99.0 Å². The number of fused-ring (bicyclic) bond motifs is 4. The third-order valence-electron chi connectivity index (χ3n) is 15.7. The van der Waals surface area contributed by atoms with Gasteiger partial charge in [0.2, 0.25) is 17.7 Å². The number of aryl methyl sites for hydroxylation is 1. The average molecular weight is 1120 g/mol. The molecule has 6 aromatic rings. The number of rotatable bonds is 19. The topological polar surface area (TPSA) is 193 Å². The van der Waals surface area contributed by atoms with Crippen LogP contribution in [-0.4, -0.2) is 130 Å². The van der Waals surface area contributed by atoms with Crippen LogP contribution in [0.2, 0.25) is 5.02 Å². The molecule has 3 aromatic heterocycles. The third kappa shape index (κ3) is 12.0. The smallest absolute Gasteiger partial charge is 0.319 e. The number of hydrogen-bond donors (Lipinski definition) is 3. The summed E-state index contributed by atoms with van der Waals surface area (Å²) in [5, 5.41) is 7.61. The summed E-state index contributed by atoms with van der Waals surface area (Å²) in [4.78, 5) is 71.0. The number of amides is 3. The maximum atomic E-state index is 17.1. The van der Waals surface area contributed by atoms with Gasteiger partial charge in [0.15, 0.2) is 10.9 Å². The first-order valence-electron chi connectivity index (χ1n) is 27.2. The molecule has 2 bridgehead atoms. The number of halogens is 3. The summed E-state index contributed by atoms with van der Waals surface area (Å²) in [7, 11) is 0. The van der Waals surface area contributed by atoms with Gasteiger partial charge in [-0.2, -0.15) is 9.97 Å². The zero-order valence-electron chi connectivity index (χ0n) is 44.8. The number of nitrogens with two attached hydrogens (primary N) is 1. The molecule has 78 heavy (non-hydrogen) atoms. The van der Waals surface area contributed by atoms with Crippen molar-refractivity contribution < 1.29 is 32.6 Å². The summed E-state index contributed by atoms with van der Waals surface area (Å²) in [5.41, 5.74) is 11.0. The van der Waals surface area contributed by atoms with Gasteiger partial charge in [0.05, 0.1) is 56.3 Å². The molecule has 0 spiro atoms. The van der Waals surface area contributed by atoms with Gasteiger partial charge in [-0.3, -0.25) is 19.3 Å². The summed E-state index contributed by atoms with van der Waals surface area (Å²) < 4.78 is 44.4. The molecule has 21 heteroatoms. The van der Waals surface area contributed by atoms with Crippen molar-refractivity contribution in [1.82, 2.24) is 40.4 Å². The van der Waals surface area contributed by atoms with E-state index in [4.69, 9.17) is 31.8 Å². The summed E-state index contributed by atoms with van der Waals surface area (Å²) in [6.07, 6.45) is 8.14. The fraction of sp³-hybridized carbons (Fsp3) is 0.509. The van der Waals surface area contributed by atoms with Gasteiger partial charge in [-0.15, -0.1) is 11.3 Å². The lowest BCUT2D eigenvalue weighted by Gasteiger charge is -2.34. The van der Waals surface area contributed by atoms with Crippen LogP contribution < -0.4 is 26.0 Å². The van der Waals surface area contributed by atoms with Crippen molar-refractivity contribution in [1.29, 1.82) is 0 Å². The van der Waals surface area contributed by atoms with E-state index in [0.717, 1.165) is 78.2 Å². The number of nitrogens with one attached hydrogen (secondary N) is 2. The molecule has 7 heterocycles. The van der Waals surface area contributed by atoms with Crippen molar-refractivity contribution >= 4 is 90.3 Å². The minimum atomic E-state index is -0.716. The number of thiazole rings is 2. The summed E-state index contributed by atoms with van der Waals surface area (Å²) in [6.45, 7) is 14.2. The van der Waals surface area contributed by atoms with E-state index in [1.807, 2.05) is 52.3 Å². The minimum Gasteiger partial charge on any atom is -0.462 e. The molecule has 4 unspecified atom stereocenters. The first kappa shape index (κ1) is 55.5. The van der Waals surface area contributed by atoms with Crippen molar-refractivity contribution in [3.05, 3.63) is 75.9 Å². The Balaban J connectivity index is 0.719. The normalized spacial score (nSPS) is 20.6.